The molecule has 1 aliphatic rings. The molecule has 15 N–H and O–H groups in total. The molecule has 0 radical (unpaired) electrons. The van der Waals surface area contributed by atoms with Gasteiger partial charge in [0, 0.05) is 94.6 Å². The van der Waals surface area contributed by atoms with Crippen molar-refractivity contribution in [1.29, 1.82) is 0 Å². The smallest absolute Gasteiger partial charge is 0.330 e. The molecule has 1 fully saturated rings. The number of aliphatic hydroxyl groups is 2. The Hall–Kier alpha value is -8.19. The summed E-state index contributed by atoms with van der Waals surface area (Å²) in [5.74, 6) is -23.0. The largest absolute Gasteiger partial charge is 0.481 e. The molecule has 31 nitrogen and oxygen atoms in total. The van der Waals surface area contributed by atoms with Gasteiger partial charge in [0.05, 0.1) is 68.3 Å². The zero-order chi connectivity index (χ0) is 77.8. The molecule has 0 aromatic heterocycles. The first-order chi connectivity index (χ1) is 47.7. The van der Waals surface area contributed by atoms with Crippen molar-refractivity contribution in [1.82, 2.24) is 31.5 Å². The third-order valence-electron chi connectivity index (χ3n) is 17.8. The maximum Gasteiger partial charge on any atom is 0.330 e. The van der Waals surface area contributed by atoms with Crippen molar-refractivity contribution in [2.24, 2.45) is 76.4 Å². The molecule has 1 saturated heterocycles. The van der Waals surface area contributed by atoms with Gasteiger partial charge in [-0.15, -0.1) is 0 Å². The van der Waals surface area contributed by atoms with Crippen molar-refractivity contribution in [3.63, 3.8) is 0 Å². The van der Waals surface area contributed by atoms with E-state index in [1.165, 1.54) is 17.9 Å². The number of methoxy groups -OCH3 is 1. The van der Waals surface area contributed by atoms with Crippen LogP contribution in [0.25, 0.3) is 0 Å². The highest BCUT2D eigenvalue weighted by Gasteiger charge is 2.42. The van der Waals surface area contributed by atoms with Crippen LogP contribution in [0, 0.1) is 59.2 Å². The molecule has 31 heteroatoms. The Balaban J connectivity index is 3.52. The predicted molar refractivity (Wildman–Crippen MR) is 371 cm³/mol. The molecule has 0 spiro atoms. The first-order valence-electron chi connectivity index (χ1n) is 35.4. The molecule has 1 aliphatic heterocycles. The van der Waals surface area contributed by atoms with E-state index in [1.54, 1.807) is 27.7 Å². The summed E-state index contributed by atoms with van der Waals surface area (Å²) in [5.41, 5.74) is 16.4. The van der Waals surface area contributed by atoms with Crippen LogP contribution >= 0.6 is 0 Å². The second kappa shape index (κ2) is 47.1. The molecule has 8 amide bonds. The number of hydrogen-bond acceptors (Lipinski definition) is 21. The summed E-state index contributed by atoms with van der Waals surface area (Å²) >= 11 is 0. The first kappa shape index (κ1) is 91.8. The van der Waals surface area contributed by atoms with Gasteiger partial charge in [0.2, 0.25) is 47.3 Å². The van der Waals surface area contributed by atoms with Crippen LogP contribution in [0.2, 0.25) is 0 Å². The van der Waals surface area contributed by atoms with E-state index in [1.807, 2.05) is 27.7 Å². The number of aliphatic carboxylic acids is 2. The number of nitrogens with two attached hydrogens (primary N) is 3. The summed E-state index contributed by atoms with van der Waals surface area (Å²) in [4.78, 5) is 229. The van der Waals surface area contributed by atoms with Crippen LogP contribution in [0.3, 0.4) is 0 Å². The second-order valence-corrected chi connectivity index (χ2v) is 28.5. The number of ketones is 6. The number of hydrogen-bond donors (Lipinski definition) is 12. The van der Waals surface area contributed by atoms with E-state index >= 15 is 0 Å². The number of carbonyl (C=O) groups is 17. The quantitative estimate of drug-likeness (QED) is 0.0234. The number of primary amides is 2. The lowest BCUT2D eigenvalue weighted by Gasteiger charge is -2.30. The fraction of sp³-hybridized carbons (Fsp3) is 0.732. The van der Waals surface area contributed by atoms with Crippen molar-refractivity contribution in [3.05, 3.63) is 12.2 Å². The highest BCUT2D eigenvalue weighted by Crippen LogP contribution is 2.29. The van der Waals surface area contributed by atoms with E-state index in [0.29, 0.717) is 25.8 Å². The van der Waals surface area contributed by atoms with Crippen LogP contribution in [0.4, 0.5) is 0 Å². The summed E-state index contributed by atoms with van der Waals surface area (Å²) in [6.07, 6.45) is -3.34. The molecule has 576 valence electrons. The van der Waals surface area contributed by atoms with E-state index < -0.39 is 254 Å². The Morgan fingerprint density at radius 3 is 1.53 bits per heavy atom. The van der Waals surface area contributed by atoms with Gasteiger partial charge in [0.1, 0.15) is 6.04 Å². The summed E-state index contributed by atoms with van der Waals surface area (Å²) in [7, 11) is 1.12. The third kappa shape index (κ3) is 34.7. The number of Topliss-reactive ketones (excluding diaryl/α,β-unsaturated/α-hetero) is 6. The first-order valence-corrected chi connectivity index (χ1v) is 35.4. The molecule has 1 rings (SSSR count). The number of allylic oxidation sites excluding steroid dienone is 1. The minimum atomic E-state index is -1.66. The zero-order valence-corrected chi connectivity index (χ0v) is 61.3. The molecule has 0 aromatic rings. The van der Waals surface area contributed by atoms with E-state index in [-0.39, 0.29) is 75.7 Å². The Morgan fingerprint density at radius 1 is 0.529 bits per heavy atom. The number of carboxylic acid groups (broad SMARTS) is 2. The van der Waals surface area contributed by atoms with Gasteiger partial charge < -0.3 is 73.8 Å². The van der Waals surface area contributed by atoms with Crippen LogP contribution in [0.1, 0.15) is 204 Å². The number of ether oxygens (including phenoxy) is 1. The average molecular weight is 1450 g/mol. The van der Waals surface area contributed by atoms with E-state index in [2.05, 4.69) is 31.3 Å². The van der Waals surface area contributed by atoms with Gasteiger partial charge in [-0.2, -0.15) is 0 Å². The molecular formula is C71H115N9O22. The van der Waals surface area contributed by atoms with Gasteiger partial charge in [-0.25, -0.2) is 4.79 Å². The monoisotopic (exact) mass is 1450 g/mol. The lowest BCUT2D eigenvalue weighted by Crippen LogP contribution is -2.52. The van der Waals surface area contributed by atoms with Gasteiger partial charge >= 0.3 is 17.9 Å². The predicted octanol–water partition coefficient (Wildman–Crippen LogP) is 1.77. The average Bonchev–Trinajstić information content (AvgIpc) is 1.52. The van der Waals surface area contributed by atoms with Crippen LogP contribution < -0.4 is 43.8 Å². The number of rotatable bonds is 54. The second-order valence-electron chi connectivity index (χ2n) is 28.5. The Morgan fingerprint density at radius 2 is 1.02 bits per heavy atom. The van der Waals surface area contributed by atoms with E-state index in [4.69, 9.17) is 17.2 Å². The van der Waals surface area contributed by atoms with Gasteiger partial charge in [0.15, 0.2) is 34.7 Å². The highest BCUT2D eigenvalue weighted by molar-refractivity contribution is 6.00. The number of likely N-dealkylation sites (tertiary alicyclic amines) is 1. The number of amides is 8. The van der Waals surface area contributed by atoms with Gasteiger partial charge in [-0.3, -0.25) is 76.7 Å². The van der Waals surface area contributed by atoms with Crippen molar-refractivity contribution in [2.75, 3.05) is 26.8 Å². The van der Waals surface area contributed by atoms with Crippen molar-refractivity contribution >= 4 is 99.9 Å². The molecule has 102 heavy (non-hydrogen) atoms. The number of nitrogens with zero attached hydrogens (tertiary/aromatic N) is 1. The van der Waals surface area contributed by atoms with Crippen LogP contribution in [0.15, 0.2) is 12.2 Å². The Bertz CT molecular complexity index is 2910. The number of nitrogens with one attached hydrogen (secondary N) is 5. The fourth-order valence-corrected chi connectivity index (χ4v) is 12.4. The minimum Gasteiger partial charge on any atom is -0.481 e. The number of aliphatic hydroxyl groups excluding tert-OH is 2. The van der Waals surface area contributed by atoms with Crippen LogP contribution in [-0.4, -0.2) is 194 Å². The maximum absolute atomic E-state index is 14.4. The third-order valence-corrected chi connectivity index (χ3v) is 17.8. The summed E-state index contributed by atoms with van der Waals surface area (Å²) in [6, 6.07) is -8.31. The zero-order valence-electron chi connectivity index (χ0n) is 61.3. The van der Waals surface area contributed by atoms with Gasteiger partial charge in [-0.05, 0) is 108 Å². The van der Waals surface area contributed by atoms with Gasteiger partial charge in [0.25, 0.3) is 0 Å². The molecule has 0 aliphatic carbocycles. The maximum atomic E-state index is 14.4. The highest BCUT2D eigenvalue weighted by atomic mass is 16.5. The standard InChI is InChI=1S/C71H115N9O22/c1-38(2)27-47(69(98)79-65(42(9)82)59(89)34-48(28-39(3)4)68(97)77-51(29-40(5)6)56(86)32-46(71(100)101)18-14-15-25-72)33-57(87)53-19-16-26-80(53)70(99)49(37-81)35-58(88)64(41(7)8)78-67(96)45(21-23-60(73)90)31-54(84)50(22-24-62(92)93)76-66(95)44(17-12-13-20-63(94)102-11)30-55(85)52(36-61(74)91)75-43(10)83/h13,20,38-42,44-53,64-65,81-82H,12,14-19,21-37,72H2,1-11H3,(H2,73,90)(H2,74,91)(H,75,83)(H,76,95)(H,77,97)(H,78,96)(H,79,98)(H,92,93)(H,100,101)/b20-13+/t42?,44-,45-,46-,47-,48-,49+,50+,51+,52+,53+,64+,65+/m1/s1. The Kier molecular flexibility index (Phi) is 42.4. The summed E-state index contributed by atoms with van der Waals surface area (Å²) in [5, 5.41) is 54.0. The molecule has 0 saturated carbocycles. The molecule has 1 unspecified atom stereocenters. The van der Waals surface area contributed by atoms with Crippen LogP contribution in [0.5, 0.6) is 0 Å². The molecule has 1 heterocycles. The van der Waals surface area contributed by atoms with Gasteiger partial charge in [-0.1, -0.05) is 67.9 Å². The normalized spacial score (nSPS) is 16.6. The van der Waals surface area contributed by atoms with Crippen molar-refractivity contribution < 1.29 is 107 Å². The number of esters is 1. The molecular weight excluding hydrogens is 1330 g/mol. The summed E-state index contributed by atoms with van der Waals surface area (Å²) in [6.45, 7) is 15.8. The topological polar surface area (TPSA) is 522 Å². The molecule has 0 bridgehead atoms. The number of carbonyl (C=O) groups excluding carboxylic acids is 15. The molecule has 13 atom stereocenters. The van der Waals surface area contributed by atoms with E-state index in [9.17, 15) is 102 Å². The lowest BCUT2D eigenvalue weighted by molar-refractivity contribution is -0.145. The lowest BCUT2D eigenvalue weighted by atomic mass is 9.86. The summed E-state index contributed by atoms with van der Waals surface area (Å²) < 4.78 is 4.58. The van der Waals surface area contributed by atoms with Crippen LogP contribution in [-0.2, 0) is 86.2 Å². The Labute approximate surface area is 597 Å². The SMILES string of the molecule is COC(=O)/C=C/CC[C@H](CC(=O)[C@H](CC(N)=O)NC(C)=O)C(=O)N[C@@H](CCC(=O)O)C(=O)C[C@@H](CCC(N)=O)C(=O)N[C@H](C(=O)C[C@@H](CO)C(=O)N1CCC[C@H]1C(=O)C[C@@H](CC(C)C)C(=O)N[C@H](C(=O)C[C@@H](CC(C)C)C(=O)N[C@@H](CC(C)C)C(=O)C[C@@H](CCCCN)C(=O)O)C(C)O)C(C)C. The van der Waals surface area contributed by atoms with E-state index in [0.717, 1.165) is 20.1 Å². The fourth-order valence-electron chi connectivity index (χ4n) is 12.4. The van der Waals surface area contributed by atoms with Crippen molar-refractivity contribution in [2.45, 2.75) is 246 Å². The molecule has 0 aromatic carbocycles. The minimum absolute atomic E-state index is 0.00614. The number of carboxylic acids is 2. The number of unbranched alkanes of at least 4 members (excludes halogenated alkanes) is 1. The van der Waals surface area contributed by atoms with Crippen molar-refractivity contribution in [3.8, 4) is 0 Å².